The molecule has 2 aromatic carbocycles. The number of methoxy groups -OCH3 is 1. The summed E-state index contributed by atoms with van der Waals surface area (Å²) in [5, 5.41) is 5.89. The monoisotopic (exact) mass is 602 g/mol. The Morgan fingerprint density at radius 1 is 0.977 bits per heavy atom. The van der Waals surface area contributed by atoms with Gasteiger partial charge in [0.15, 0.2) is 5.82 Å². The maximum Gasteiger partial charge on any atom is 0.412 e. The number of fused-ring (bicyclic) bond motifs is 1. The molecule has 13 nitrogen and oxygen atoms in total. The molecule has 5 rings (SSSR count). The Kier molecular flexibility index (Phi) is 8.59. The lowest BCUT2D eigenvalue weighted by atomic mass is 10.2. The van der Waals surface area contributed by atoms with Crippen molar-refractivity contribution in [1.82, 2.24) is 19.8 Å². The number of anilines is 6. The number of nitrogens with zero attached hydrogens (tertiary/aromatic N) is 6. The zero-order chi connectivity index (χ0) is 31.6. The van der Waals surface area contributed by atoms with Gasteiger partial charge >= 0.3 is 6.09 Å². The number of carbonyl (C=O) groups excluding carboxylic acids is 3. The van der Waals surface area contributed by atoms with E-state index in [4.69, 9.17) is 9.47 Å². The van der Waals surface area contributed by atoms with Gasteiger partial charge in [0.2, 0.25) is 5.95 Å². The summed E-state index contributed by atoms with van der Waals surface area (Å²) in [4.78, 5) is 55.5. The molecular weight excluding hydrogens is 564 g/mol. The second-order valence-electron chi connectivity index (χ2n) is 11.8. The Morgan fingerprint density at radius 2 is 1.73 bits per heavy atom. The van der Waals surface area contributed by atoms with Crippen LogP contribution in [-0.4, -0.2) is 97.2 Å². The third-order valence-electron chi connectivity index (χ3n) is 7.23. The molecule has 1 saturated heterocycles. The first kappa shape index (κ1) is 30.5. The first-order valence-electron chi connectivity index (χ1n) is 14.4. The summed E-state index contributed by atoms with van der Waals surface area (Å²) in [6, 6.07) is 12.6. The van der Waals surface area contributed by atoms with Crippen LogP contribution in [0.15, 0.2) is 48.7 Å². The molecule has 0 atom stereocenters. The summed E-state index contributed by atoms with van der Waals surface area (Å²) in [7, 11) is 5.26. The van der Waals surface area contributed by atoms with Gasteiger partial charge < -0.3 is 29.5 Å². The second kappa shape index (κ2) is 12.4. The molecule has 3 amide bonds. The number of rotatable bonds is 6. The van der Waals surface area contributed by atoms with E-state index < -0.39 is 11.7 Å². The normalized spacial score (nSPS) is 15.9. The van der Waals surface area contributed by atoms with Crippen LogP contribution in [0.2, 0.25) is 0 Å². The van der Waals surface area contributed by atoms with Gasteiger partial charge in [-0.15, -0.1) is 0 Å². The Morgan fingerprint density at radius 3 is 2.43 bits per heavy atom. The highest BCUT2D eigenvalue weighted by Gasteiger charge is 2.33. The minimum atomic E-state index is -0.680. The number of carbonyl (C=O) groups is 3. The van der Waals surface area contributed by atoms with Gasteiger partial charge in [-0.25, -0.2) is 9.78 Å². The average Bonchev–Trinajstić information content (AvgIpc) is 3.05. The van der Waals surface area contributed by atoms with Crippen LogP contribution in [0.4, 0.5) is 39.3 Å². The van der Waals surface area contributed by atoms with Gasteiger partial charge in [-0.2, -0.15) is 4.98 Å². The van der Waals surface area contributed by atoms with E-state index in [1.807, 2.05) is 18.2 Å². The molecule has 0 aliphatic carbocycles. The quantitative estimate of drug-likeness (QED) is 0.425. The SMILES string of the molecule is COc1cc(N2CCN(C)CC2)ccc1Nc1ncc2c(n1)N(c1cccc(NC(=O)OC(C)(C)C)c1)C(=O)CN(C)C2=O. The third kappa shape index (κ3) is 6.83. The van der Waals surface area contributed by atoms with Crippen molar-refractivity contribution in [2.45, 2.75) is 26.4 Å². The van der Waals surface area contributed by atoms with Gasteiger partial charge in [0, 0.05) is 56.9 Å². The van der Waals surface area contributed by atoms with E-state index in [0.717, 1.165) is 31.9 Å². The molecule has 13 heteroatoms. The van der Waals surface area contributed by atoms with Crippen molar-refractivity contribution in [3.63, 3.8) is 0 Å². The highest BCUT2D eigenvalue weighted by atomic mass is 16.6. The maximum absolute atomic E-state index is 13.5. The van der Waals surface area contributed by atoms with Crippen LogP contribution in [0.1, 0.15) is 31.1 Å². The standard InChI is InChI=1S/C31H38N8O5/c1-31(2,3)44-30(42)33-20-8-7-9-22(16-20)39-26(40)19-37(5)28(41)23-18-32-29(35-27(23)39)34-24-11-10-21(17-25(24)43-6)38-14-12-36(4)13-15-38/h7-11,16-18H,12-15,19H2,1-6H3,(H,33,42)(H,32,34,35). The molecule has 0 spiro atoms. The number of benzene rings is 2. The third-order valence-corrected chi connectivity index (χ3v) is 7.23. The smallest absolute Gasteiger partial charge is 0.412 e. The second-order valence-corrected chi connectivity index (χ2v) is 11.8. The Bertz CT molecular complexity index is 1560. The van der Waals surface area contributed by atoms with Gasteiger partial charge in [-0.05, 0) is 58.2 Å². The zero-order valence-corrected chi connectivity index (χ0v) is 25.9. The van der Waals surface area contributed by atoms with Gasteiger partial charge in [0.1, 0.15) is 23.5 Å². The van der Waals surface area contributed by atoms with E-state index in [9.17, 15) is 14.4 Å². The van der Waals surface area contributed by atoms with Crippen LogP contribution in [0.3, 0.4) is 0 Å². The van der Waals surface area contributed by atoms with Crippen LogP contribution < -0.4 is 25.2 Å². The number of nitrogens with one attached hydrogen (secondary N) is 2. The van der Waals surface area contributed by atoms with Gasteiger partial charge in [0.05, 0.1) is 18.5 Å². The summed E-state index contributed by atoms with van der Waals surface area (Å²) in [5.74, 6) is 0.119. The van der Waals surface area contributed by atoms with Gasteiger partial charge in [0.25, 0.3) is 11.8 Å². The number of hydrogen-bond donors (Lipinski definition) is 2. The van der Waals surface area contributed by atoms with Crippen LogP contribution in [0, 0.1) is 0 Å². The van der Waals surface area contributed by atoms with E-state index in [1.165, 1.54) is 16.0 Å². The van der Waals surface area contributed by atoms with Crippen molar-refractivity contribution in [2.75, 3.05) is 74.4 Å². The first-order chi connectivity index (χ1) is 20.9. The molecular formula is C31H38N8O5. The molecule has 1 aromatic heterocycles. The number of aromatic nitrogens is 2. The van der Waals surface area contributed by atoms with Crippen molar-refractivity contribution in [1.29, 1.82) is 0 Å². The highest BCUT2D eigenvalue weighted by Crippen LogP contribution is 2.35. The number of ether oxygens (including phenoxy) is 2. The van der Waals surface area contributed by atoms with Crippen LogP contribution in [0.5, 0.6) is 5.75 Å². The molecule has 3 heterocycles. The summed E-state index contributed by atoms with van der Waals surface area (Å²) in [5.41, 5.74) is 1.98. The van der Waals surface area contributed by atoms with Crippen LogP contribution in [-0.2, 0) is 9.53 Å². The average molecular weight is 603 g/mol. The molecule has 1 fully saturated rings. The molecule has 3 aromatic rings. The topological polar surface area (TPSA) is 132 Å². The van der Waals surface area contributed by atoms with Crippen molar-refractivity contribution in [3.8, 4) is 5.75 Å². The molecule has 44 heavy (non-hydrogen) atoms. The number of likely N-dealkylation sites (N-methyl/N-ethyl adjacent to an activating group) is 2. The van der Waals surface area contributed by atoms with Crippen molar-refractivity contribution >= 4 is 52.4 Å². The van der Waals surface area contributed by atoms with E-state index >= 15 is 0 Å². The highest BCUT2D eigenvalue weighted by molar-refractivity contribution is 6.12. The Hall–Kier alpha value is -4.91. The minimum Gasteiger partial charge on any atom is -0.494 e. The Balaban J connectivity index is 1.47. The largest absolute Gasteiger partial charge is 0.494 e. The van der Waals surface area contributed by atoms with Crippen LogP contribution >= 0.6 is 0 Å². The predicted molar refractivity (Wildman–Crippen MR) is 168 cm³/mol. The summed E-state index contributed by atoms with van der Waals surface area (Å²) >= 11 is 0. The van der Waals surface area contributed by atoms with Crippen molar-refractivity contribution in [3.05, 3.63) is 54.2 Å². The fraction of sp³-hybridized carbons (Fsp3) is 0.387. The van der Waals surface area contributed by atoms with E-state index in [-0.39, 0.29) is 35.7 Å². The number of hydrogen-bond acceptors (Lipinski definition) is 10. The maximum atomic E-state index is 13.5. The molecule has 0 unspecified atom stereocenters. The fourth-order valence-electron chi connectivity index (χ4n) is 5.00. The zero-order valence-electron chi connectivity index (χ0n) is 25.9. The number of piperazine rings is 1. The molecule has 232 valence electrons. The van der Waals surface area contributed by atoms with E-state index in [1.54, 1.807) is 59.2 Å². The van der Waals surface area contributed by atoms with Crippen LogP contribution in [0.25, 0.3) is 0 Å². The lowest BCUT2D eigenvalue weighted by Crippen LogP contribution is -2.44. The van der Waals surface area contributed by atoms with Crippen molar-refractivity contribution < 1.29 is 23.9 Å². The molecule has 0 bridgehead atoms. The minimum absolute atomic E-state index is 0.115. The molecule has 0 saturated carbocycles. The first-order valence-corrected chi connectivity index (χ1v) is 14.4. The summed E-state index contributed by atoms with van der Waals surface area (Å²) in [6.45, 7) is 8.93. The molecule has 2 N–H and O–H groups in total. The number of amides is 3. The lowest BCUT2D eigenvalue weighted by molar-refractivity contribution is -0.118. The molecule has 2 aliphatic rings. The molecule has 0 radical (unpaired) electrons. The summed E-state index contributed by atoms with van der Waals surface area (Å²) < 4.78 is 11.1. The van der Waals surface area contributed by atoms with E-state index in [2.05, 4.69) is 37.4 Å². The van der Waals surface area contributed by atoms with E-state index in [0.29, 0.717) is 22.8 Å². The van der Waals surface area contributed by atoms with Crippen molar-refractivity contribution in [2.24, 2.45) is 0 Å². The summed E-state index contributed by atoms with van der Waals surface area (Å²) in [6.07, 6.45) is 0.775. The van der Waals surface area contributed by atoms with Gasteiger partial charge in [-0.3, -0.25) is 19.8 Å². The molecule has 2 aliphatic heterocycles. The lowest BCUT2D eigenvalue weighted by Gasteiger charge is -2.34. The Labute approximate surface area is 256 Å². The fourth-order valence-corrected chi connectivity index (χ4v) is 5.00. The van der Waals surface area contributed by atoms with Gasteiger partial charge in [-0.1, -0.05) is 6.07 Å². The predicted octanol–water partition coefficient (Wildman–Crippen LogP) is 4.08.